The molecule has 0 saturated heterocycles. The highest BCUT2D eigenvalue weighted by atomic mass is 35.5. The van der Waals surface area contributed by atoms with E-state index < -0.39 is 18.3 Å². The van der Waals surface area contributed by atoms with Crippen LogP contribution in [-0.4, -0.2) is 79.6 Å². The number of aliphatic hydroxyl groups is 2. The molecule has 1 aliphatic carbocycles. The molecule has 144 valence electrons. The molecular formula is C15H22ClN5O4S. The molecule has 4 atom stereocenters. The zero-order valence-electron chi connectivity index (χ0n) is 14.6. The van der Waals surface area contributed by atoms with Gasteiger partial charge in [0, 0.05) is 19.3 Å². The van der Waals surface area contributed by atoms with Crippen molar-refractivity contribution >= 4 is 34.5 Å². The van der Waals surface area contributed by atoms with Crippen molar-refractivity contribution in [2.24, 2.45) is 0 Å². The highest BCUT2D eigenvalue weighted by Gasteiger charge is 2.45. The third-order valence-electron chi connectivity index (χ3n) is 4.28. The van der Waals surface area contributed by atoms with Crippen molar-refractivity contribution in [3.8, 4) is 0 Å². The Bertz CT molecular complexity index is 748. The zero-order valence-corrected chi connectivity index (χ0v) is 16.2. The van der Waals surface area contributed by atoms with Crippen molar-refractivity contribution in [1.29, 1.82) is 0 Å². The molecule has 2 aromatic rings. The number of thioether (sulfide) groups is 1. The predicted octanol–water partition coefficient (Wildman–Crippen LogP) is 1.07. The van der Waals surface area contributed by atoms with Crippen LogP contribution in [0.5, 0.6) is 0 Å². The van der Waals surface area contributed by atoms with Crippen molar-refractivity contribution in [2.75, 3.05) is 26.1 Å². The second-order valence-electron chi connectivity index (χ2n) is 5.98. The first-order valence-corrected chi connectivity index (χ1v) is 9.81. The fourth-order valence-electron chi connectivity index (χ4n) is 3.12. The molecule has 9 nitrogen and oxygen atoms in total. The molecular weight excluding hydrogens is 382 g/mol. The molecule has 0 bridgehead atoms. The molecule has 26 heavy (non-hydrogen) atoms. The standard InChI is InChI=1S/C15H22ClN5O4S/c1-3-6-26-15-17-13(16)10-14(18-15)21(20-19-10)8-7-9(25-5-4-22)11(23)12(8)24-2/h8-9,11-12,22-23H,3-7H2,1-2H3. The topological polar surface area (TPSA) is 115 Å². The van der Waals surface area contributed by atoms with Crippen LogP contribution in [0.2, 0.25) is 5.15 Å². The Kier molecular flexibility index (Phi) is 6.65. The number of hydrogen-bond donors (Lipinski definition) is 2. The van der Waals surface area contributed by atoms with Crippen molar-refractivity contribution in [1.82, 2.24) is 25.0 Å². The van der Waals surface area contributed by atoms with Gasteiger partial charge in [-0.15, -0.1) is 5.10 Å². The lowest BCUT2D eigenvalue weighted by molar-refractivity contribution is -0.0740. The van der Waals surface area contributed by atoms with Crippen molar-refractivity contribution in [2.45, 2.75) is 49.3 Å². The molecule has 2 aromatic heterocycles. The Hall–Kier alpha value is -1.04. The fraction of sp³-hybridized carbons (Fsp3) is 0.733. The second-order valence-corrected chi connectivity index (χ2v) is 7.40. The summed E-state index contributed by atoms with van der Waals surface area (Å²) in [4.78, 5) is 8.80. The highest BCUT2D eigenvalue weighted by molar-refractivity contribution is 7.99. The summed E-state index contributed by atoms with van der Waals surface area (Å²) < 4.78 is 12.6. The second kappa shape index (κ2) is 8.77. The van der Waals surface area contributed by atoms with Crippen LogP contribution in [0, 0.1) is 0 Å². The molecule has 0 aromatic carbocycles. The van der Waals surface area contributed by atoms with Gasteiger partial charge in [0.25, 0.3) is 0 Å². The zero-order chi connectivity index (χ0) is 18.7. The number of rotatable bonds is 8. The van der Waals surface area contributed by atoms with Gasteiger partial charge in [-0.3, -0.25) is 0 Å². The Morgan fingerprint density at radius 2 is 2.19 bits per heavy atom. The Labute approximate surface area is 160 Å². The molecule has 1 aliphatic rings. The molecule has 11 heteroatoms. The van der Waals surface area contributed by atoms with Gasteiger partial charge in [-0.25, -0.2) is 14.6 Å². The van der Waals surface area contributed by atoms with E-state index in [4.69, 9.17) is 26.2 Å². The SMILES string of the molecule is CCCSc1nc(Cl)c2nnn(C3CC(OCCO)C(O)C3OC)c2n1. The van der Waals surface area contributed by atoms with E-state index in [0.29, 0.717) is 22.7 Å². The van der Waals surface area contributed by atoms with E-state index in [1.165, 1.54) is 18.9 Å². The third-order valence-corrected chi connectivity index (χ3v) is 5.59. The lowest BCUT2D eigenvalue weighted by Crippen LogP contribution is -2.35. The van der Waals surface area contributed by atoms with Gasteiger partial charge in [-0.05, 0) is 6.42 Å². The monoisotopic (exact) mass is 403 g/mol. The van der Waals surface area contributed by atoms with Gasteiger partial charge >= 0.3 is 0 Å². The van der Waals surface area contributed by atoms with Gasteiger partial charge < -0.3 is 19.7 Å². The van der Waals surface area contributed by atoms with Crippen LogP contribution >= 0.6 is 23.4 Å². The van der Waals surface area contributed by atoms with Gasteiger partial charge in [0.15, 0.2) is 21.5 Å². The minimum absolute atomic E-state index is 0.112. The Balaban J connectivity index is 1.94. The van der Waals surface area contributed by atoms with E-state index in [1.807, 2.05) is 0 Å². The molecule has 4 unspecified atom stereocenters. The quantitative estimate of drug-likeness (QED) is 0.379. The minimum Gasteiger partial charge on any atom is -0.394 e. The van der Waals surface area contributed by atoms with Crippen LogP contribution in [0.4, 0.5) is 0 Å². The molecule has 2 N–H and O–H groups in total. The van der Waals surface area contributed by atoms with Crippen molar-refractivity contribution in [3.63, 3.8) is 0 Å². The molecule has 1 fully saturated rings. The Morgan fingerprint density at radius 3 is 2.88 bits per heavy atom. The number of aliphatic hydroxyl groups excluding tert-OH is 2. The van der Waals surface area contributed by atoms with Crippen LogP contribution in [0.15, 0.2) is 5.16 Å². The first kappa shape index (κ1) is 19.7. The van der Waals surface area contributed by atoms with Gasteiger partial charge in [-0.1, -0.05) is 35.5 Å². The first-order valence-electron chi connectivity index (χ1n) is 8.45. The summed E-state index contributed by atoms with van der Waals surface area (Å²) in [5.74, 6) is 0.878. The lowest BCUT2D eigenvalue weighted by atomic mass is 10.2. The van der Waals surface area contributed by atoms with Gasteiger partial charge in [0.05, 0.1) is 25.4 Å². The normalized spacial score (nSPS) is 26.0. The predicted molar refractivity (Wildman–Crippen MR) is 96.4 cm³/mol. The average Bonchev–Trinajstić information content (AvgIpc) is 3.19. The van der Waals surface area contributed by atoms with Crippen LogP contribution in [0.1, 0.15) is 25.8 Å². The number of methoxy groups -OCH3 is 1. The lowest BCUT2D eigenvalue weighted by Gasteiger charge is -2.21. The summed E-state index contributed by atoms with van der Waals surface area (Å²) in [7, 11) is 1.53. The van der Waals surface area contributed by atoms with Crippen LogP contribution in [-0.2, 0) is 9.47 Å². The maximum atomic E-state index is 10.5. The molecule has 0 radical (unpaired) electrons. The largest absolute Gasteiger partial charge is 0.394 e. The van der Waals surface area contributed by atoms with E-state index in [2.05, 4.69) is 27.2 Å². The van der Waals surface area contributed by atoms with Crippen LogP contribution in [0.3, 0.4) is 0 Å². The summed E-state index contributed by atoms with van der Waals surface area (Å²) in [6.07, 6.45) is -0.406. The van der Waals surface area contributed by atoms with Crippen molar-refractivity contribution < 1.29 is 19.7 Å². The van der Waals surface area contributed by atoms with Gasteiger partial charge in [-0.2, -0.15) is 0 Å². The molecule has 0 aliphatic heterocycles. The summed E-state index contributed by atoms with van der Waals surface area (Å²) >= 11 is 7.76. The molecule has 0 spiro atoms. The molecule has 3 rings (SSSR count). The van der Waals surface area contributed by atoms with Crippen LogP contribution < -0.4 is 0 Å². The number of ether oxygens (including phenoxy) is 2. The minimum atomic E-state index is -0.845. The van der Waals surface area contributed by atoms with Crippen LogP contribution in [0.25, 0.3) is 11.2 Å². The summed E-state index contributed by atoms with van der Waals surface area (Å²) in [5.41, 5.74) is 0.919. The number of hydrogen-bond acceptors (Lipinski definition) is 9. The third kappa shape index (κ3) is 3.80. The Morgan fingerprint density at radius 1 is 1.38 bits per heavy atom. The maximum Gasteiger partial charge on any atom is 0.191 e. The number of aromatic nitrogens is 5. The number of nitrogens with zero attached hydrogens (tertiary/aromatic N) is 5. The fourth-order valence-corrected chi connectivity index (χ4v) is 4.06. The number of fused-ring (bicyclic) bond motifs is 1. The van der Waals surface area contributed by atoms with E-state index in [1.54, 1.807) is 4.68 Å². The van der Waals surface area contributed by atoms with Gasteiger partial charge in [0.2, 0.25) is 0 Å². The van der Waals surface area contributed by atoms with E-state index in [-0.39, 0.29) is 24.4 Å². The summed E-state index contributed by atoms with van der Waals surface area (Å²) in [5, 5.41) is 28.5. The highest BCUT2D eigenvalue weighted by Crippen LogP contribution is 2.36. The first-order chi connectivity index (χ1) is 12.6. The van der Waals surface area contributed by atoms with E-state index >= 15 is 0 Å². The summed E-state index contributed by atoms with van der Waals surface area (Å²) in [6, 6.07) is -0.321. The maximum absolute atomic E-state index is 10.5. The molecule has 0 amide bonds. The van der Waals surface area contributed by atoms with E-state index in [0.717, 1.165) is 12.2 Å². The molecule has 2 heterocycles. The molecule has 1 saturated carbocycles. The summed E-state index contributed by atoms with van der Waals surface area (Å²) in [6.45, 7) is 2.11. The number of halogens is 1. The van der Waals surface area contributed by atoms with E-state index in [9.17, 15) is 5.11 Å². The smallest absolute Gasteiger partial charge is 0.191 e. The van der Waals surface area contributed by atoms with Gasteiger partial charge in [0.1, 0.15) is 12.2 Å². The van der Waals surface area contributed by atoms with Crippen molar-refractivity contribution in [3.05, 3.63) is 5.15 Å². The average molecular weight is 404 g/mol.